The maximum Gasteiger partial charge on any atom is 0.268 e. The highest BCUT2D eigenvalue weighted by atomic mass is 79.9. The highest BCUT2D eigenvalue weighted by Gasteiger charge is 2.26. The monoisotopic (exact) mass is 340 g/mol. The molecule has 1 heterocycles. The van der Waals surface area contributed by atoms with Crippen molar-refractivity contribution >= 4 is 21.8 Å². The Morgan fingerprint density at radius 3 is 2.60 bits per heavy atom. The molecule has 1 aliphatic carbocycles. The fourth-order valence-corrected chi connectivity index (χ4v) is 3.88. The molecule has 3 nitrogen and oxygen atoms in total. The van der Waals surface area contributed by atoms with E-state index in [0.29, 0.717) is 17.9 Å². The minimum Gasteiger partial charge on any atom is -0.348 e. The lowest BCUT2D eigenvalue weighted by molar-refractivity contribution is 0.0901. The van der Waals surface area contributed by atoms with E-state index in [0.717, 1.165) is 36.0 Å². The van der Waals surface area contributed by atoms with Gasteiger partial charge in [-0.3, -0.25) is 4.79 Å². The molecule has 2 atom stereocenters. The zero-order valence-electron chi connectivity index (χ0n) is 12.7. The zero-order chi connectivity index (χ0) is 14.7. The summed E-state index contributed by atoms with van der Waals surface area (Å²) < 4.78 is 3.01. The molecule has 1 aromatic heterocycles. The van der Waals surface area contributed by atoms with Crippen molar-refractivity contribution in [1.82, 2.24) is 9.88 Å². The molecule has 1 N–H and O–H groups in total. The third-order valence-electron chi connectivity index (χ3n) is 4.07. The summed E-state index contributed by atoms with van der Waals surface area (Å²) >= 11 is 3.46. The van der Waals surface area contributed by atoms with Crippen LogP contribution in [0.5, 0.6) is 0 Å². The Hall–Kier alpha value is -0.770. The first-order chi connectivity index (χ1) is 9.49. The molecular formula is C16H25BrN2O. The second kappa shape index (κ2) is 6.79. The molecular weight excluding hydrogens is 316 g/mol. The second-order valence-corrected chi connectivity index (χ2v) is 7.24. The van der Waals surface area contributed by atoms with Crippen LogP contribution >= 0.6 is 15.9 Å². The van der Waals surface area contributed by atoms with Gasteiger partial charge >= 0.3 is 0 Å². The molecule has 1 fully saturated rings. The van der Waals surface area contributed by atoms with Gasteiger partial charge in [-0.2, -0.15) is 0 Å². The maximum absolute atomic E-state index is 12.5. The second-order valence-electron chi connectivity index (χ2n) is 6.32. The van der Waals surface area contributed by atoms with Crippen LogP contribution in [0, 0.1) is 11.8 Å². The van der Waals surface area contributed by atoms with Crippen molar-refractivity contribution in [3.63, 3.8) is 0 Å². The fraction of sp³-hybridized carbons (Fsp3) is 0.688. The van der Waals surface area contributed by atoms with E-state index in [1.54, 1.807) is 0 Å². The molecule has 0 saturated heterocycles. The number of aromatic nitrogens is 1. The van der Waals surface area contributed by atoms with Crippen LogP contribution < -0.4 is 5.32 Å². The Labute approximate surface area is 130 Å². The molecule has 1 aliphatic rings. The molecule has 0 bridgehead atoms. The number of halogens is 1. The third kappa shape index (κ3) is 3.87. The van der Waals surface area contributed by atoms with Gasteiger partial charge in [-0.25, -0.2) is 0 Å². The van der Waals surface area contributed by atoms with Crippen molar-refractivity contribution in [3.05, 3.63) is 22.4 Å². The number of rotatable bonds is 4. The smallest absolute Gasteiger partial charge is 0.268 e. The van der Waals surface area contributed by atoms with Crippen LogP contribution in [0.1, 0.15) is 56.9 Å². The van der Waals surface area contributed by atoms with E-state index in [4.69, 9.17) is 0 Å². The Bertz CT molecular complexity index is 459. The Morgan fingerprint density at radius 1 is 1.35 bits per heavy atom. The number of nitrogens with one attached hydrogen (secondary N) is 1. The number of amides is 1. The standard InChI is InChI=1S/C16H25BrN2O/c1-4-5-19-10-13(17)9-15(19)16(20)18-14-7-11(2)6-12(3)8-14/h9-12,14H,4-8H2,1-3H3,(H,18,20). The van der Waals surface area contributed by atoms with Gasteiger partial charge in [0.05, 0.1) is 0 Å². The summed E-state index contributed by atoms with van der Waals surface area (Å²) in [6, 6.07) is 2.24. The van der Waals surface area contributed by atoms with Crippen molar-refractivity contribution in [3.8, 4) is 0 Å². The number of hydrogen-bond donors (Lipinski definition) is 1. The van der Waals surface area contributed by atoms with Gasteiger partial charge in [-0.15, -0.1) is 0 Å². The quantitative estimate of drug-likeness (QED) is 0.874. The fourth-order valence-electron chi connectivity index (χ4n) is 3.42. The SMILES string of the molecule is CCCn1cc(Br)cc1C(=O)NC1CC(C)CC(C)C1. The first kappa shape index (κ1) is 15.6. The van der Waals surface area contributed by atoms with E-state index in [1.807, 2.05) is 16.8 Å². The predicted octanol–water partition coefficient (Wildman–Crippen LogP) is 4.22. The highest BCUT2D eigenvalue weighted by molar-refractivity contribution is 9.10. The van der Waals surface area contributed by atoms with Gasteiger partial charge in [0.15, 0.2) is 0 Å². The van der Waals surface area contributed by atoms with Crippen LogP contribution in [0.2, 0.25) is 0 Å². The molecule has 0 spiro atoms. The topological polar surface area (TPSA) is 34.0 Å². The number of nitrogens with zero attached hydrogens (tertiary/aromatic N) is 1. The van der Waals surface area contributed by atoms with E-state index in [-0.39, 0.29) is 5.91 Å². The molecule has 1 amide bonds. The van der Waals surface area contributed by atoms with Crippen LogP contribution in [0.25, 0.3) is 0 Å². The molecule has 0 aliphatic heterocycles. The number of carbonyl (C=O) groups is 1. The summed E-state index contributed by atoms with van der Waals surface area (Å²) in [7, 11) is 0. The van der Waals surface area contributed by atoms with Crippen molar-refractivity contribution in [2.45, 2.75) is 59.0 Å². The van der Waals surface area contributed by atoms with Crippen LogP contribution in [-0.4, -0.2) is 16.5 Å². The molecule has 20 heavy (non-hydrogen) atoms. The predicted molar refractivity (Wildman–Crippen MR) is 85.9 cm³/mol. The lowest BCUT2D eigenvalue weighted by Crippen LogP contribution is -2.40. The summed E-state index contributed by atoms with van der Waals surface area (Å²) in [4.78, 5) is 12.5. The lowest BCUT2D eigenvalue weighted by Gasteiger charge is -2.32. The van der Waals surface area contributed by atoms with Gasteiger partial charge in [0.2, 0.25) is 0 Å². The zero-order valence-corrected chi connectivity index (χ0v) is 14.2. The maximum atomic E-state index is 12.5. The molecule has 1 saturated carbocycles. The average molecular weight is 341 g/mol. The van der Waals surface area contributed by atoms with Crippen molar-refractivity contribution in [1.29, 1.82) is 0 Å². The van der Waals surface area contributed by atoms with Crippen molar-refractivity contribution in [2.24, 2.45) is 11.8 Å². The molecule has 0 radical (unpaired) electrons. The van der Waals surface area contributed by atoms with Crippen LogP contribution in [0.3, 0.4) is 0 Å². The van der Waals surface area contributed by atoms with E-state index in [1.165, 1.54) is 6.42 Å². The van der Waals surface area contributed by atoms with Gasteiger partial charge in [-0.05, 0) is 59.5 Å². The number of carbonyl (C=O) groups excluding carboxylic acids is 1. The first-order valence-electron chi connectivity index (χ1n) is 7.66. The largest absolute Gasteiger partial charge is 0.348 e. The first-order valence-corrected chi connectivity index (χ1v) is 8.45. The Morgan fingerprint density at radius 2 is 2.00 bits per heavy atom. The van der Waals surface area contributed by atoms with Crippen molar-refractivity contribution < 1.29 is 4.79 Å². The third-order valence-corrected chi connectivity index (χ3v) is 4.51. The van der Waals surface area contributed by atoms with E-state index < -0.39 is 0 Å². The van der Waals surface area contributed by atoms with E-state index in [2.05, 4.69) is 42.0 Å². The highest BCUT2D eigenvalue weighted by Crippen LogP contribution is 2.28. The lowest BCUT2D eigenvalue weighted by atomic mass is 9.80. The molecule has 112 valence electrons. The Kier molecular flexibility index (Phi) is 5.30. The molecule has 0 aromatic carbocycles. The number of hydrogen-bond acceptors (Lipinski definition) is 1. The minimum atomic E-state index is 0.0652. The summed E-state index contributed by atoms with van der Waals surface area (Å²) in [5.41, 5.74) is 0.768. The van der Waals surface area contributed by atoms with Gasteiger partial charge in [0.1, 0.15) is 5.69 Å². The van der Waals surface area contributed by atoms with Crippen molar-refractivity contribution in [2.75, 3.05) is 0 Å². The summed E-state index contributed by atoms with van der Waals surface area (Å²) in [6.45, 7) is 7.57. The van der Waals surface area contributed by atoms with Crippen LogP contribution in [0.4, 0.5) is 0 Å². The van der Waals surface area contributed by atoms with Crippen LogP contribution in [-0.2, 0) is 6.54 Å². The number of aryl methyl sites for hydroxylation is 1. The summed E-state index contributed by atoms with van der Waals surface area (Å²) in [5, 5.41) is 3.23. The van der Waals surface area contributed by atoms with Gasteiger partial charge < -0.3 is 9.88 Å². The normalized spacial score (nSPS) is 26.5. The van der Waals surface area contributed by atoms with E-state index >= 15 is 0 Å². The summed E-state index contributed by atoms with van der Waals surface area (Å²) in [5.74, 6) is 1.48. The van der Waals surface area contributed by atoms with Gasteiger partial charge in [-0.1, -0.05) is 20.8 Å². The molecule has 4 heteroatoms. The molecule has 1 aromatic rings. The van der Waals surface area contributed by atoms with Gasteiger partial charge in [0.25, 0.3) is 5.91 Å². The minimum absolute atomic E-state index is 0.0652. The molecule has 2 unspecified atom stereocenters. The van der Waals surface area contributed by atoms with Gasteiger partial charge in [0, 0.05) is 23.3 Å². The summed E-state index contributed by atoms with van der Waals surface area (Å²) in [6.07, 6.45) is 6.50. The molecule has 2 rings (SSSR count). The van der Waals surface area contributed by atoms with E-state index in [9.17, 15) is 4.79 Å². The van der Waals surface area contributed by atoms with Crippen LogP contribution in [0.15, 0.2) is 16.7 Å². The Balaban J connectivity index is 2.04. The average Bonchev–Trinajstić information content (AvgIpc) is 2.69.